The van der Waals surface area contributed by atoms with Gasteiger partial charge >= 0.3 is 5.97 Å². The molecule has 3 rings (SSSR count). The molecule has 0 saturated heterocycles. The number of rotatable bonds is 3. The zero-order chi connectivity index (χ0) is 16.6. The van der Waals surface area contributed by atoms with E-state index in [-0.39, 0.29) is 0 Å². The van der Waals surface area contributed by atoms with E-state index in [1.807, 2.05) is 38.1 Å². The zero-order valence-electron chi connectivity index (χ0n) is 13.1. The molecule has 0 fully saturated rings. The SMILES string of the molecule is CCOC(=O)C1=C(C)n2nc(C)c(-c3ccc(Cl)cc3)c2NN1. The van der Waals surface area contributed by atoms with Gasteiger partial charge in [-0.15, -0.1) is 0 Å². The summed E-state index contributed by atoms with van der Waals surface area (Å²) in [7, 11) is 0. The largest absolute Gasteiger partial charge is 0.461 e. The number of hydrogen-bond acceptors (Lipinski definition) is 5. The van der Waals surface area contributed by atoms with E-state index in [2.05, 4.69) is 16.0 Å². The molecule has 0 unspecified atom stereocenters. The van der Waals surface area contributed by atoms with Crippen molar-refractivity contribution in [1.82, 2.24) is 15.2 Å². The van der Waals surface area contributed by atoms with Crippen LogP contribution in [0.25, 0.3) is 16.8 Å². The smallest absolute Gasteiger partial charge is 0.358 e. The molecule has 0 bridgehead atoms. The number of halogens is 1. The van der Waals surface area contributed by atoms with Gasteiger partial charge in [-0.3, -0.25) is 10.9 Å². The Bertz CT molecular complexity index is 793. The van der Waals surface area contributed by atoms with Gasteiger partial charge in [0.05, 0.1) is 18.0 Å². The summed E-state index contributed by atoms with van der Waals surface area (Å²) >= 11 is 5.96. The monoisotopic (exact) mass is 332 g/mol. The average molecular weight is 333 g/mol. The topological polar surface area (TPSA) is 68.2 Å². The lowest BCUT2D eigenvalue weighted by Crippen LogP contribution is -2.34. The van der Waals surface area contributed by atoms with Crippen molar-refractivity contribution in [3.8, 4) is 11.1 Å². The molecule has 2 N–H and O–H groups in total. The van der Waals surface area contributed by atoms with Gasteiger partial charge in [-0.05, 0) is 38.5 Å². The van der Waals surface area contributed by atoms with Crippen molar-refractivity contribution < 1.29 is 9.53 Å². The fourth-order valence-corrected chi connectivity index (χ4v) is 2.69. The zero-order valence-corrected chi connectivity index (χ0v) is 13.9. The van der Waals surface area contributed by atoms with Crippen LogP contribution in [0.15, 0.2) is 30.0 Å². The molecule has 0 radical (unpaired) electrons. The van der Waals surface area contributed by atoms with Crippen LogP contribution in [0.1, 0.15) is 19.5 Å². The molecule has 0 atom stereocenters. The maximum Gasteiger partial charge on any atom is 0.358 e. The number of esters is 1. The number of benzene rings is 1. The Morgan fingerprint density at radius 1 is 1.26 bits per heavy atom. The number of aryl methyl sites for hydroxylation is 1. The van der Waals surface area contributed by atoms with Gasteiger partial charge in [0.2, 0.25) is 0 Å². The highest BCUT2D eigenvalue weighted by Crippen LogP contribution is 2.35. The van der Waals surface area contributed by atoms with E-state index in [0.29, 0.717) is 23.0 Å². The number of allylic oxidation sites excluding steroid dienone is 1. The molecule has 120 valence electrons. The Kier molecular flexibility index (Phi) is 4.00. The Morgan fingerprint density at radius 2 is 1.96 bits per heavy atom. The first-order valence-corrected chi connectivity index (χ1v) is 7.66. The highest BCUT2D eigenvalue weighted by Gasteiger charge is 2.26. The van der Waals surface area contributed by atoms with E-state index in [9.17, 15) is 4.79 Å². The summed E-state index contributed by atoms with van der Waals surface area (Å²) in [6.07, 6.45) is 0. The van der Waals surface area contributed by atoms with Gasteiger partial charge in [0, 0.05) is 10.6 Å². The van der Waals surface area contributed by atoms with Crippen molar-refractivity contribution in [2.24, 2.45) is 0 Å². The van der Waals surface area contributed by atoms with Crippen molar-refractivity contribution >= 4 is 29.1 Å². The van der Waals surface area contributed by atoms with Crippen molar-refractivity contribution in [3.63, 3.8) is 0 Å². The second-order valence-electron chi connectivity index (χ2n) is 5.16. The van der Waals surface area contributed by atoms with E-state index in [0.717, 1.165) is 22.6 Å². The summed E-state index contributed by atoms with van der Waals surface area (Å²) in [5.41, 5.74) is 9.79. The molecule has 1 aliphatic heterocycles. The molecular formula is C16H17ClN4O2. The summed E-state index contributed by atoms with van der Waals surface area (Å²) in [4.78, 5) is 12.0. The first kappa shape index (κ1) is 15.4. The van der Waals surface area contributed by atoms with Gasteiger partial charge in [-0.2, -0.15) is 5.10 Å². The number of aromatic nitrogens is 2. The first-order chi connectivity index (χ1) is 11.0. The van der Waals surface area contributed by atoms with Gasteiger partial charge in [-0.1, -0.05) is 23.7 Å². The number of hydrazine groups is 1. The van der Waals surface area contributed by atoms with Crippen LogP contribution in [-0.4, -0.2) is 22.4 Å². The van der Waals surface area contributed by atoms with E-state index in [1.54, 1.807) is 11.6 Å². The molecule has 0 amide bonds. The molecule has 2 heterocycles. The molecule has 2 aromatic rings. The van der Waals surface area contributed by atoms with Crippen LogP contribution in [-0.2, 0) is 9.53 Å². The molecule has 0 saturated carbocycles. The Labute approximate surface area is 139 Å². The molecule has 6 nitrogen and oxygen atoms in total. The van der Waals surface area contributed by atoms with Crippen LogP contribution in [0.5, 0.6) is 0 Å². The molecule has 23 heavy (non-hydrogen) atoms. The van der Waals surface area contributed by atoms with Gasteiger partial charge in [0.1, 0.15) is 0 Å². The van der Waals surface area contributed by atoms with Crippen molar-refractivity contribution in [3.05, 3.63) is 40.7 Å². The normalized spacial score (nSPS) is 13.2. The molecule has 7 heteroatoms. The summed E-state index contributed by atoms with van der Waals surface area (Å²) in [6.45, 7) is 5.83. The van der Waals surface area contributed by atoms with Crippen LogP contribution < -0.4 is 10.9 Å². The summed E-state index contributed by atoms with van der Waals surface area (Å²) in [5.74, 6) is 0.361. The molecule has 1 aromatic carbocycles. The lowest BCUT2D eigenvalue weighted by molar-refractivity contribution is -0.138. The quantitative estimate of drug-likeness (QED) is 0.845. The summed E-state index contributed by atoms with van der Waals surface area (Å²) < 4.78 is 6.76. The number of nitrogens with zero attached hydrogens (tertiary/aromatic N) is 2. The van der Waals surface area contributed by atoms with Crippen molar-refractivity contribution in [1.29, 1.82) is 0 Å². The van der Waals surface area contributed by atoms with Crippen LogP contribution in [0.4, 0.5) is 5.82 Å². The van der Waals surface area contributed by atoms with E-state index in [4.69, 9.17) is 16.3 Å². The predicted octanol–water partition coefficient (Wildman–Crippen LogP) is 3.19. The Morgan fingerprint density at radius 3 is 2.61 bits per heavy atom. The van der Waals surface area contributed by atoms with E-state index >= 15 is 0 Å². The van der Waals surface area contributed by atoms with Crippen LogP contribution >= 0.6 is 11.6 Å². The predicted molar refractivity (Wildman–Crippen MR) is 89.7 cm³/mol. The third kappa shape index (κ3) is 2.66. The lowest BCUT2D eigenvalue weighted by atomic mass is 10.1. The first-order valence-electron chi connectivity index (χ1n) is 7.29. The fraction of sp³-hybridized carbons (Fsp3) is 0.250. The molecule has 1 aliphatic rings. The number of anilines is 1. The molecular weight excluding hydrogens is 316 g/mol. The molecule has 0 spiro atoms. The number of nitrogens with one attached hydrogen (secondary N) is 2. The van der Waals surface area contributed by atoms with Crippen LogP contribution in [0, 0.1) is 6.92 Å². The maximum atomic E-state index is 12.0. The maximum absolute atomic E-state index is 12.0. The summed E-state index contributed by atoms with van der Waals surface area (Å²) in [5, 5.41) is 5.22. The minimum absolute atomic E-state index is 0.318. The van der Waals surface area contributed by atoms with Crippen molar-refractivity contribution in [2.75, 3.05) is 12.0 Å². The summed E-state index contributed by atoms with van der Waals surface area (Å²) in [6, 6.07) is 7.55. The van der Waals surface area contributed by atoms with Gasteiger partial charge in [0.25, 0.3) is 0 Å². The highest BCUT2D eigenvalue weighted by molar-refractivity contribution is 6.30. The average Bonchev–Trinajstić information content (AvgIpc) is 2.86. The Balaban J connectivity index is 2.08. The minimum Gasteiger partial charge on any atom is -0.461 e. The second kappa shape index (κ2) is 5.96. The standard InChI is InChI=1S/C16H17ClN4O2/c1-4-23-16(22)14-10(3)21-15(19-18-14)13(9(2)20-21)11-5-7-12(17)8-6-11/h5-8,18-19H,4H2,1-3H3. The van der Waals surface area contributed by atoms with Gasteiger partial charge < -0.3 is 4.74 Å². The second-order valence-corrected chi connectivity index (χ2v) is 5.60. The highest BCUT2D eigenvalue weighted by atomic mass is 35.5. The molecule has 1 aromatic heterocycles. The lowest BCUT2D eigenvalue weighted by Gasteiger charge is -2.22. The number of carbonyl (C=O) groups is 1. The third-order valence-electron chi connectivity index (χ3n) is 3.66. The number of carbonyl (C=O) groups excluding carboxylic acids is 1. The van der Waals surface area contributed by atoms with Crippen LogP contribution in [0.3, 0.4) is 0 Å². The number of ether oxygens (including phenoxy) is 1. The fourth-order valence-electron chi connectivity index (χ4n) is 2.57. The van der Waals surface area contributed by atoms with Crippen LogP contribution in [0.2, 0.25) is 5.02 Å². The van der Waals surface area contributed by atoms with Gasteiger partial charge in [-0.25, -0.2) is 9.48 Å². The van der Waals surface area contributed by atoms with Crippen molar-refractivity contribution in [2.45, 2.75) is 20.8 Å². The van der Waals surface area contributed by atoms with E-state index in [1.165, 1.54) is 0 Å². The number of hydrogen-bond donors (Lipinski definition) is 2. The minimum atomic E-state index is -0.413. The number of fused-ring (bicyclic) bond motifs is 1. The molecule has 0 aliphatic carbocycles. The van der Waals surface area contributed by atoms with E-state index < -0.39 is 5.97 Å². The van der Waals surface area contributed by atoms with Gasteiger partial charge in [0.15, 0.2) is 11.5 Å². The Hall–Kier alpha value is -2.47. The third-order valence-corrected chi connectivity index (χ3v) is 3.91.